The van der Waals surface area contributed by atoms with Crippen molar-refractivity contribution in [3.8, 4) is 5.75 Å². The van der Waals surface area contributed by atoms with Crippen molar-refractivity contribution >= 4 is 39.1 Å². The predicted octanol–water partition coefficient (Wildman–Crippen LogP) is 4.51. The number of halogens is 1. The van der Waals surface area contributed by atoms with E-state index in [9.17, 15) is 9.59 Å². The van der Waals surface area contributed by atoms with Crippen LogP contribution in [-0.4, -0.2) is 25.0 Å². The van der Waals surface area contributed by atoms with E-state index in [2.05, 4.69) is 15.9 Å². The van der Waals surface area contributed by atoms with Crippen LogP contribution in [0.1, 0.15) is 11.6 Å². The van der Waals surface area contributed by atoms with Gasteiger partial charge in [0.25, 0.3) is 5.91 Å². The van der Waals surface area contributed by atoms with Gasteiger partial charge in [0.05, 0.1) is 29.0 Å². The molecule has 6 nitrogen and oxygen atoms in total. The molecule has 3 atom stereocenters. The molecule has 31 heavy (non-hydrogen) atoms. The highest BCUT2D eigenvalue weighted by Crippen LogP contribution is 2.48. The van der Waals surface area contributed by atoms with E-state index in [1.54, 1.807) is 36.4 Å². The lowest BCUT2D eigenvalue weighted by Gasteiger charge is -2.29. The minimum atomic E-state index is -0.890. The molecule has 156 valence electrons. The van der Waals surface area contributed by atoms with E-state index in [1.165, 1.54) is 4.90 Å². The van der Waals surface area contributed by atoms with E-state index < -0.39 is 18.1 Å². The molecule has 3 aromatic carbocycles. The standard InChI is InChI=1S/C24H19BrN2O4/c1-30-19-13-12-15(14-18(19)25)21-20-22(31-27(21)17-10-6-3-7-11-17)24(29)26(23(20)28)16-8-4-2-5-9-16/h2-14,20-22H,1H3/t20-,21+,22-/m0/s1. The summed E-state index contributed by atoms with van der Waals surface area (Å²) in [6.45, 7) is 0. The molecule has 2 fully saturated rings. The number of ether oxygens (including phenoxy) is 1. The Morgan fingerprint density at radius 3 is 2.13 bits per heavy atom. The van der Waals surface area contributed by atoms with Gasteiger partial charge in [-0.05, 0) is 57.9 Å². The van der Waals surface area contributed by atoms with Crippen molar-refractivity contribution in [2.24, 2.45) is 5.92 Å². The van der Waals surface area contributed by atoms with Crippen molar-refractivity contribution in [2.75, 3.05) is 17.1 Å². The lowest BCUT2D eigenvalue weighted by atomic mass is 9.90. The van der Waals surface area contributed by atoms with E-state index in [4.69, 9.17) is 9.57 Å². The zero-order chi connectivity index (χ0) is 21.5. The molecule has 0 saturated carbocycles. The zero-order valence-corrected chi connectivity index (χ0v) is 18.2. The zero-order valence-electron chi connectivity index (χ0n) is 16.6. The highest BCUT2D eigenvalue weighted by Gasteiger charge is 2.60. The van der Waals surface area contributed by atoms with Crippen LogP contribution in [0, 0.1) is 5.92 Å². The first-order valence-electron chi connectivity index (χ1n) is 9.87. The molecule has 0 unspecified atom stereocenters. The van der Waals surface area contributed by atoms with Crippen LogP contribution < -0.4 is 14.7 Å². The van der Waals surface area contributed by atoms with E-state index in [0.29, 0.717) is 11.4 Å². The Balaban J connectivity index is 1.60. The fourth-order valence-electron chi connectivity index (χ4n) is 4.25. The number of carbonyl (C=O) groups is 2. The average Bonchev–Trinajstić information content (AvgIpc) is 3.31. The third-order valence-corrected chi connectivity index (χ3v) is 6.28. The Kier molecular flexibility index (Phi) is 5.00. The predicted molar refractivity (Wildman–Crippen MR) is 120 cm³/mol. The highest BCUT2D eigenvalue weighted by molar-refractivity contribution is 9.10. The first-order valence-corrected chi connectivity index (χ1v) is 10.7. The van der Waals surface area contributed by atoms with Gasteiger partial charge < -0.3 is 4.74 Å². The summed E-state index contributed by atoms with van der Waals surface area (Å²) in [7, 11) is 1.60. The van der Waals surface area contributed by atoms with Gasteiger partial charge in [-0.1, -0.05) is 42.5 Å². The van der Waals surface area contributed by atoms with Crippen molar-refractivity contribution in [2.45, 2.75) is 12.1 Å². The number of para-hydroxylation sites is 2. The fourth-order valence-corrected chi connectivity index (χ4v) is 4.81. The average molecular weight is 479 g/mol. The number of carbonyl (C=O) groups excluding carboxylic acids is 2. The maximum atomic E-state index is 13.5. The van der Waals surface area contributed by atoms with E-state index in [0.717, 1.165) is 15.7 Å². The van der Waals surface area contributed by atoms with E-state index in [1.807, 2.05) is 54.6 Å². The Morgan fingerprint density at radius 2 is 1.52 bits per heavy atom. The Labute approximate surface area is 188 Å². The molecule has 5 rings (SSSR count). The van der Waals surface area contributed by atoms with Crippen molar-refractivity contribution in [1.29, 1.82) is 0 Å². The number of hydrogen-bond acceptors (Lipinski definition) is 5. The quantitative estimate of drug-likeness (QED) is 0.516. The summed E-state index contributed by atoms with van der Waals surface area (Å²) >= 11 is 3.53. The number of benzene rings is 3. The van der Waals surface area contributed by atoms with Crippen molar-refractivity contribution in [1.82, 2.24) is 0 Å². The summed E-state index contributed by atoms with van der Waals surface area (Å²) in [6, 6.07) is 23.6. The van der Waals surface area contributed by atoms with Gasteiger partial charge in [-0.25, -0.2) is 9.96 Å². The number of hydroxylamine groups is 1. The van der Waals surface area contributed by atoms with Gasteiger partial charge in [-0.3, -0.25) is 14.4 Å². The van der Waals surface area contributed by atoms with Crippen LogP contribution in [0.15, 0.2) is 83.3 Å². The largest absolute Gasteiger partial charge is 0.496 e. The molecule has 0 spiro atoms. The molecule has 2 amide bonds. The maximum absolute atomic E-state index is 13.5. The Bertz CT molecular complexity index is 1140. The number of anilines is 2. The molecular weight excluding hydrogens is 460 g/mol. The normalized spacial score (nSPS) is 22.7. The minimum absolute atomic E-state index is 0.267. The summed E-state index contributed by atoms with van der Waals surface area (Å²) in [6.07, 6.45) is -0.890. The highest BCUT2D eigenvalue weighted by atomic mass is 79.9. The topological polar surface area (TPSA) is 59.1 Å². The molecule has 0 aromatic heterocycles. The van der Waals surface area contributed by atoms with E-state index in [-0.39, 0.29) is 11.8 Å². The number of rotatable bonds is 4. The van der Waals surface area contributed by atoms with Crippen LogP contribution in [0.2, 0.25) is 0 Å². The molecule has 2 heterocycles. The Morgan fingerprint density at radius 1 is 0.871 bits per heavy atom. The van der Waals surface area contributed by atoms with Gasteiger partial charge >= 0.3 is 0 Å². The first-order chi connectivity index (χ1) is 15.1. The molecule has 2 aliphatic rings. The van der Waals surface area contributed by atoms with Crippen LogP contribution in [0.4, 0.5) is 11.4 Å². The van der Waals surface area contributed by atoms with Crippen LogP contribution in [0.5, 0.6) is 5.75 Å². The summed E-state index contributed by atoms with van der Waals surface area (Å²) in [5.74, 6) is -0.604. The van der Waals surface area contributed by atoms with Crippen molar-refractivity contribution < 1.29 is 19.2 Å². The lowest BCUT2D eigenvalue weighted by Crippen LogP contribution is -2.37. The van der Waals surface area contributed by atoms with Gasteiger partial charge in [0.15, 0.2) is 6.10 Å². The second kappa shape index (κ2) is 7.83. The van der Waals surface area contributed by atoms with Crippen LogP contribution in [0.25, 0.3) is 0 Å². The molecule has 0 N–H and O–H groups in total. The fraction of sp³-hybridized carbons (Fsp3) is 0.167. The smallest absolute Gasteiger partial charge is 0.266 e. The summed E-state index contributed by atoms with van der Waals surface area (Å²) in [5.41, 5.74) is 2.18. The Hall–Kier alpha value is -3.16. The second-order valence-electron chi connectivity index (χ2n) is 7.40. The summed E-state index contributed by atoms with van der Waals surface area (Å²) in [5, 5.41) is 1.68. The number of nitrogens with zero attached hydrogens (tertiary/aromatic N) is 2. The van der Waals surface area contributed by atoms with Crippen LogP contribution in [0.3, 0.4) is 0 Å². The number of hydrogen-bond donors (Lipinski definition) is 0. The molecule has 0 bridgehead atoms. The SMILES string of the molecule is COc1ccc([C@@H]2[C@@H]3C(=O)N(c4ccccc4)C(=O)[C@H]3ON2c2ccccc2)cc1Br. The van der Waals surface area contributed by atoms with Crippen LogP contribution in [-0.2, 0) is 14.4 Å². The summed E-state index contributed by atoms with van der Waals surface area (Å²) < 4.78 is 6.12. The van der Waals surface area contributed by atoms with E-state index >= 15 is 0 Å². The number of methoxy groups -OCH3 is 1. The third kappa shape index (κ3) is 3.21. The van der Waals surface area contributed by atoms with Gasteiger partial charge in [0.1, 0.15) is 11.7 Å². The van der Waals surface area contributed by atoms with Gasteiger partial charge in [0.2, 0.25) is 5.91 Å². The molecule has 0 radical (unpaired) electrons. The third-order valence-electron chi connectivity index (χ3n) is 5.66. The maximum Gasteiger partial charge on any atom is 0.266 e. The molecule has 7 heteroatoms. The minimum Gasteiger partial charge on any atom is -0.496 e. The van der Waals surface area contributed by atoms with Crippen molar-refractivity contribution in [3.63, 3.8) is 0 Å². The molecule has 3 aromatic rings. The van der Waals surface area contributed by atoms with Gasteiger partial charge in [-0.15, -0.1) is 0 Å². The first kappa shape index (κ1) is 19.8. The van der Waals surface area contributed by atoms with Crippen molar-refractivity contribution in [3.05, 3.63) is 88.9 Å². The number of amides is 2. The molecule has 2 aliphatic heterocycles. The van der Waals surface area contributed by atoms with Gasteiger partial charge in [0, 0.05) is 0 Å². The lowest BCUT2D eigenvalue weighted by molar-refractivity contribution is -0.126. The monoisotopic (exact) mass is 478 g/mol. The molecule has 2 saturated heterocycles. The number of imide groups is 1. The summed E-state index contributed by atoms with van der Waals surface area (Å²) in [4.78, 5) is 34.2. The van der Waals surface area contributed by atoms with Crippen LogP contribution >= 0.6 is 15.9 Å². The molecular formula is C24H19BrN2O4. The number of fused-ring (bicyclic) bond motifs is 1. The molecule has 0 aliphatic carbocycles. The van der Waals surface area contributed by atoms with Gasteiger partial charge in [-0.2, -0.15) is 0 Å². The second-order valence-corrected chi connectivity index (χ2v) is 8.25.